The molecule has 0 aliphatic carbocycles. The van der Waals surface area contributed by atoms with Crippen LogP contribution in [-0.2, 0) is 6.42 Å². The highest BCUT2D eigenvalue weighted by Crippen LogP contribution is 2.51. The van der Waals surface area contributed by atoms with Gasteiger partial charge in [-0.1, -0.05) is 55.5 Å². The van der Waals surface area contributed by atoms with Gasteiger partial charge in [-0.15, -0.1) is 0 Å². The first-order valence-corrected chi connectivity index (χ1v) is 6.82. The van der Waals surface area contributed by atoms with Gasteiger partial charge in [0.1, 0.15) is 0 Å². The average Bonchev–Trinajstić information content (AvgIpc) is 2.67. The van der Waals surface area contributed by atoms with Gasteiger partial charge in [0, 0.05) is 6.04 Å². The highest BCUT2D eigenvalue weighted by Gasteiger charge is 2.42. The van der Waals surface area contributed by atoms with E-state index in [4.69, 9.17) is 0 Å². The van der Waals surface area contributed by atoms with E-state index in [2.05, 4.69) is 60.4 Å². The van der Waals surface area contributed by atoms with Crippen LogP contribution in [0.2, 0.25) is 0 Å². The van der Waals surface area contributed by atoms with Gasteiger partial charge in [-0.3, -0.25) is 4.90 Å². The monoisotopic (exact) mass is 235 g/mol. The molecule has 0 saturated carbocycles. The summed E-state index contributed by atoms with van der Waals surface area (Å²) >= 11 is 0. The third kappa shape index (κ3) is 1.20. The van der Waals surface area contributed by atoms with Gasteiger partial charge in [-0.25, -0.2) is 0 Å². The Kier molecular flexibility index (Phi) is 2.12. The van der Waals surface area contributed by atoms with Crippen LogP contribution < -0.4 is 0 Å². The number of nitrogens with zero attached hydrogens (tertiary/aromatic N) is 1. The molecule has 2 aromatic carbocycles. The zero-order valence-corrected chi connectivity index (χ0v) is 10.6. The quantitative estimate of drug-likeness (QED) is 0.728. The molecule has 0 radical (unpaired) electrons. The van der Waals surface area contributed by atoms with Crippen LogP contribution in [0.5, 0.6) is 0 Å². The van der Waals surface area contributed by atoms with Crippen molar-refractivity contribution < 1.29 is 0 Å². The van der Waals surface area contributed by atoms with E-state index in [9.17, 15) is 0 Å². The highest BCUT2D eigenvalue weighted by molar-refractivity contribution is 5.50. The summed E-state index contributed by atoms with van der Waals surface area (Å²) in [4.78, 5) is 2.65. The lowest BCUT2D eigenvalue weighted by atomic mass is 9.92. The van der Waals surface area contributed by atoms with E-state index in [0.29, 0.717) is 12.1 Å². The molecule has 1 nitrogen and oxygen atoms in total. The number of hydrogen-bond acceptors (Lipinski definition) is 1. The lowest BCUT2D eigenvalue weighted by Crippen LogP contribution is -2.32. The van der Waals surface area contributed by atoms with Crippen LogP contribution in [-0.4, -0.2) is 11.4 Å². The summed E-state index contributed by atoms with van der Waals surface area (Å²) in [6.45, 7) is 3.40. The first-order valence-electron chi connectivity index (χ1n) is 6.82. The molecule has 2 atom stereocenters. The van der Waals surface area contributed by atoms with Crippen molar-refractivity contribution >= 4 is 0 Å². The Morgan fingerprint density at radius 3 is 2.39 bits per heavy atom. The lowest BCUT2D eigenvalue weighted by Gasteiger charge is -2.35. The Bertz CT molecular complexity index is 591. The fourth-order valence-electron chi connectivity index (χ4n) is 3.77. The van der Waals surface area contributed by atoms with Crippen molar-refractivity contribution in [2.24, 2.45) is 0 Å². The number of benzene rings is 2. The maximum Gasteiger partial charge on any atom is 0.0612 e. The third-order valence-corrected chi connectivity index (χ3v) is 4.51. The minimum Gasteiger partial charge on any atom is -0.285 e. The summed E-state index contributed by atoms with van der Waals surface area (Å²) in [5.74, 6) is 0. The van der Waals surface area contributed by atoms with Gasteiger partial charge >= 0.3 is 0 Å². The zero-order valence-electron chi connectivity index (χ0n) is 10.6. The maximum atomic E-state index is 2.65. The van der Waals surface area contributed by atoms with Crippen molar-refractivity contribution in [2.75, 3.05) is 6.54 Å². The van der Waals surface area contributed by atoms with Crippen molar-refractivity contribution in [3.8, 4) is 0 Å². The summed E-state index contributed by atoms with van der Waals surface area (Å²) < 4.78 is 0. The van der Waals surface area contributed by atoms with Crippen LogP contribution in [0.1, 0.15) is 41.3 Å². The fourth-order valence-corrected chi connectivity index (χ4v) is 3.77. The van der Waals surface area contributed by atoms with Crippen molar-refractivity contribution in [3.05, 3.63) is 70.8 Å². The van der Waals surface area contributed by atoms with E-state index in [1.165, 1.54) is 16.7 Å². The molecule has 2 heterocycles. The molecular weight excluding hydrogens is 218 g/mol. The summed E-state index contributed by atoms with van der Waals surface area (Å²) in [5.41, 5.74) is 6.11. The summed E-state index contributed by atoms with van der Waals surface area (Å²) in [5, 5.41) is 0. The van der Waals surface area contributed by atoms with Crippen molar-refractivity contribution in [2.45, 2.75) is 25.4 Å². The predicted octanol–water partition coefficient (Wildman–Crippen LogP) is 3.71. The molecule has 4 rings (SSSR count). The molecule has 90 valence electrons. The highest BCUT2D eigenvalue weighted by atomic mass is 15.2. The minimum atomic E-state index is 0.487. The van der Waals surface area contributed by atoms with E-state index in [0.717, 1.165) is 13.0 Å². The van der Waals surface area contributed by atoms with Gasteiger partial charge in [-0.05, 0) is 35.2 Å². The molecule has 0 saturated heterocycles. The average molecular weight is 235 g/mol. The molecule has 18 heavy (non-hydrogen) atoms. The van der Waals surface area contributed by atoms with E-state index in [1.54, 1.807) is 5.56 Å². The minimum absolute atomic E-state index is 0.487. The number of fused-ring (bicyclic) bond motifs is 7. The first kappa shape index (κ1) is 10.3. The molecule has 0 amide bonds. The second-order valence-corrected chi connectivity index (χ2v) is 5.28. The lowest BCUT2D eigenvalue weighted by molar-refractivity contribution is 0.177. The van der Waals surface area contributed by atoms with Crippen LogP contribution in [0.3, 0.4) is 0 Å². The molecule has 0 aromatic heterocycles. The second-order valence-electron chi connectivity index (χ2n) is 5.28. The molecule has 0 fully saturated rings. The molecular formula is C17H17N. The van der Waals surface area contributed by atoms with Crippen molar-refractivity contribution in [1.29, 1.82) is 0 Å². The van der Waals surface area contributed by atoms with Crippen LogP contribution in [0.4, 0.5) is 0 Å². The van der Waals surface area contributed by atoms with Gasteiger partial charge in [0.15, 0.2) is 0 Å². The third-order valence-electron chi connectivity index (χ3n) is 4.51. The first-order chi connectivity index (χ1) is 8.90. The smallest absolute Gasteiger partial charge is 0.0612 e. The molecule has 0 N–H and O–H groups in total. The Hall–Kier alpha value is -1.60. The van der Waals surface area contributed by atoms with E-state index in [1.807, 2.05) is 0 Å². The number of likely N-dealkylation sites (N-methyl/N-ethyl adjacent to an activating group) is 1. The van der Waals surface area contributed by atoms with Crippen molar-refractivity contribution in [3.63, 3.8) is 0 Å². The van der Waals surface area contributed by atoms with E-state index in [-0.39, 0.29) is 0 Å². The van der Waals surface area contributed by atoms with E-state index < -0.39 is 0 Å². The standard InChI is InChI=1S/C17H17N/c1-2-18-16-11-12-7-3-4-8-13(12)17(18)15-10-6-5-9-14(15)16/h3-10,16-17H,2,11H2,1H3. The van der Waals surface area contributed by atoms with Gasteiger partial charge in [0.05, 0.1) is 6.04 Å². The van der Waals surface area contributed by atoms with Gasteiger partial charge in [0.25, 0.3) is 0 Å². The van der Waals surface area contributed by atoms with Gasteiger partial charge in [0.2, 0.25) is 0 Å². The Labute approximate surface area is 108 Å². The van der Waals surface area contributed by atoms with E-state index >= 15 is 0 Å². The second kappa shape index (κ2) is 3.69. The van der Waals surface area contributed by atoms with Crippen LogP contribution >= 0.6 is 0 Å². The molecule has 0 spiro atoms. The maximum absolute atomic E-state index is 2.65. The molecule has 2 aromatic rings. The molecule has 2 aliphatic rings. The van der Waals surface area contributed by atoms with Gasteiger partial charge < -0.3 is 0 Å². The molecule has 2 unspecified atom stereocenters. The fraction of sp³-hybridized carbons (Fsp3) is 0.294. The summed E-state index contributed by atoms with van der Waals surface area (Å²) in [7, 11) is 0. The predicted molar refractivity (Wildman–Crippen MR) is 73.6 cm³/mol. The topological polar surface area (TPSA) is 3.24 Å². The van der Waals surface area contributed by atoms with Crippen molar-refractivity contribution in [1.82, 2.24) is 4.90 Å². The Morgan fingerprint density at radius 1 is 0.944 bits per heavy atom. The van der Waals surface area contributed by atoms with Crippen LogP contribution in [0.25, 0.3) is 0 Å². The SMILES string of the molecule is CCN1C2Cc3ccccc3C1c1ccccc12. The van der Waals surface area contributed by atoms with Crippen LogP contribution in [0.15, 0.2) is 48.5 Å². The Balaban J connectivity index is 1.98. The molecule has 1 heteroatoms. The number of hydrogen-bond donors (Lipinski definition) is 0. The molecule has 2 aliphatic heterocycles. The largest absolute Gasteiger partial charge is 0.285 e. The summed E-state index contributed by atoms with van der Waals surface area (Å²) in [6.07, 6.45) is 1.16. The van der Waals surface area contributed by atoms with Gasteiger partial charge in [-0.2, -0.15) is 0 Å². The number of rotatable bonds is 1. The summed E-state index contributed by atoms with van der Waals surface area (Å²) in [6, 6.07) is 19.0. The molecule has 2 bridgehead atoms. The van der Waals surface area contributed by atoms with Crippen LogP contribution in [0, 0.1) is 0 Å². The Morgan fingerprint density at radius 2 is 1.61 bits per heavy atom. The normalized spacial score (nSPS) is 24.7. The zero-order chi connectivity index (χ0) is 12.1.